The molecule has 2 aliphatic rings. The van der Waals surface area contributed by atoms with E-state index >= 15 is 0 Å². The molecular weight excluding hydrogens is 375 g/mol. The number of benzene rings is 5. The summed E-state index contributed by atoms with van der Waals surface area (Å²) in [5, 5.41) is 2.50. The zero-order valence-electron chi connectivity index (χ0n) is 16.8. The van der Waals surface area contributed by atoms with Crippen LogP contribution in [0, 0.1) is 0 Å². The van der Waals surface area contributed by atoms with Crippen molar-refractivity contribution in [2.24, 2.45) is 0 Å². The van der Waals surface area contributed by atoms with Gasteiger partial charge in [-0.25, -0.2) is 0 Å². The van der Waals surface area contributed by atoms with E-state index in [-0.39, 0.29) is 0 Å². The van der Waals surface area contributed by atoms with Crippen molar-refractivity contribution >= 4 is 24.1 Å². The molecule has 0 saturated heterocycles. The Bertz CT molecular complexity index is 1490. The lowest BCUT2D eigenvalue weighted by molar-refractivity contribution is 0.437. The summed E-state index contributed by atoms with van der Waals surface area (Å²) in [5.41, 5.74) is 7.66. The first kappa shape index (κ1) is 17.0. The van der Waals surface area contributed by atoms with Gasteiger partial charge in [-0.2, -0.15) is 0 Å². The van der Waals surface area contributed by atoms with Crippen LogP contribution in [0.3, 0.4) is 0 Å². The lowest BCUT2D eigenvalue weighted by atomic mass is 9.64. The summed E-state index contributed by atoms with van der Waals surface area (Å²) in [4.78, 5) is 0. The Morgan fingerprint density at radius 1 is 0.581 bits per heavy atom. The van der Waals surface area contributed by atoms with Crippen molar-refractivity contribution in [3.05, 3.63) is 125 Å². The molecule has 2 radical (unpaired) electrons. The molecule has 0 atom stereocenters. The number of fused-ring (bicyclic) bond motifs is 11. The predicted octanol–water partition coefficient (Wildman–Crippen LogP) is 6.10. The molecule has 0 fully saturated rings. The van der Waals surface area contributed by atoms with Gasteiger partial charge in [0.2, 0.25) is 0 Å². The van der Waals surface area contributed by atoms with Gasteiger partial charge in [-0.3, -0.25) is 0 Å². The van der Waals surface area contributed by atoms with Crippen LogP contribution in [0.4, 0.5) is 0 Å². The summed E-state index contributed by atoms with van der Waals surface area (Å²) in [6.45, 7) is 0. The molecule has 1 heterocycles. The van der Waals surface area contributed by atoms with Gasteiger partial charge in [-0.1, -0.05) is 96.5 Å². The first-order valence-corrected chi connectivity index (χ1v) is 10.6. The fraction of sp³-hybridized carbons (Fsp3) is 0.0345. The maximum atomic E-state index is 6.41. The molecule has 2 heteroatoms. The largest absolute Gasteiger partial charge is 0.457 e. The highest BCUT2D eigenvalue weighted by atomic mass is 16.5. The Balaban J connectivity index is 1.78. The first-order chi connectivity index (χ1) is 15.3. The van der Waals surface area contributed by atoms with Crippen molar-refractivity contribution in [2.75, 3.05) is 0 Å². The van der Waals surface area contributed by atoms with Crippen LogP contribution in [0.2, 0.25) is 0 Å². The number of rotatable bonds is 0. The minimum Gasteiger partial charge on any atom is -0.457 e. The summed E-state index contributed by atoms with van der Waals surface area (Å²) in [6, 6.07) is 36.3. The van der Waals surface area contributed by atoms with E-state index in [0.717, 1.165) is 28.1 Å². The highest BCUT2D eigenvalue weighted by Crippen LogP contribution is 2.63. The van der Waals surface area contributed by atoms with Crippen molar-refractivity contribution in [2.45, 2.75) is 5.41 Å². The van der Waals surface area contributed by atoms with Crippen molar-refractivity contribution in [3.63, 3.8) is 0 Å². The molecule has 142 valence electrons. The summed E-state index contributed by atoms with van der Waals surface area (Å²) >= 11 is 0. The number of ether oxygens (including phenoxy) is 1. The fourth-order valence-electron chi connectivity index (χ4n) is 5.70. The second-order valence-corrected chi connectivity index (χ2v) is 8.36. The molecule has 0 bridgehead atoms. The van der Waals surface area contributed by atoms with Gasteiger partial charge in [-0.15, -0.1) is 0 Å². The molecule has 1 spiro atoms. The quantitative estimate of drug-likeness (QED) is 0.283. The van der Waals surface area contributed by atoms with Gasteiger partial charge >= 0.3 is 0 Å². The molecular formula is C29H17BO. The summed E-state index contributed by atoms with van der Waals surface area (Å²) in [6.07, 6.45) is 0. The van der Waals surface area contributed by atoms with E-state index in [9.17, 15) is 0 Å². The van der Waals surface area contributed by atoms with Crippen LogP contribution in [-0.2, 0) is 5.41 Å². The normalized spacial score (nSPS) is 14.5. The van der Waals surface area contributed by atoms with Crippen molar-refractivity contribution in [1.29, 1.82) is 0 Å². The molecule has 5 aromatic carbocycles. The molecule has 0 amide bonds. The third-order valence-corrected chi connectivity index (χ3v) is 6.84. The molecule has 0 N–H and O–H groups in total. The minimum atomic E-state index is -0.480. The Morgan fingerprint density at radius 3 is 2.00 bits per heavy atom. The standard InChI is InChI=1S/C29H17BO/c30-19-14-16-21-22-15-13-18-7-1-2-8-20(18)28(22)29(25(21)17-19)23-9-3-5-11-26(23)31-27-12-6-4-10-24(27)29/h1-17H. The lowest BCUT2D eigenvalue weighted by Crippen LogP contribution is -2.33. The maximum absolute atomic E-state index is 6.41. The fourth-order valence-corrected chi connectivity index (χ4v) is 5.70. The number of hydrogen-bond acceptors (Lipinski definition) is 1. The lowest BCUT2D eigenvalue weighted by Gasteiger charge is -2.40. The van der Waals surface area contributed by atoms with Crippen molar-refractivity contribution in [3.8, 4) is 22.6 Å². The van der Waals surface area contributed by atoms with Gasteiger partial charge in [0.05, 0.1) is 5.41 Å². The molecule has 0 saturated carbocycles. The monoisotopic (exact) mass is 392 g/mol. The zero-order chi connectivity index (χ0) is 20.6. The highest BCUT2D eigenvalue weighted by molar-refractivity contribution is 6.32. The smallest absolute Gasteiger partial charge is 0.132 e. The van der Waals surface area contributed by atoms with Gasteiger partial charge in [0, 0.05) is 11.1 Å². The summed E-state index contributed by atoms with van der Waals surface area (Å²) < 4.78 is 6.41. The second kappa shape index (κ2) is 5.89. The van der Waals surface area contributed by atoms with Crippen LogP contribution in [-0.4, -0.2) is 7.85 Å². The number of hydrogen-bond donors (Lipinski definition) is 0. The number of para-hydroxylation sites is 2. The van der Waals surface area contributed by atoms with Gasteiger partial charge in [-0.05, 0) is 45.2 Å². The Kier molecular flexibility index (Phi) is 3.22. The van der Waals surface area contributed by atoms with Crippen LogP contribution in [0.5, 0.6) is 11.5 Å². The predicted molar refractivity (Wildman–Crippen MR) is 127 cm³/mol. The van der Waals surface area contributed by atoms with E-state index in [1.54, 1.807) is 0 Å². The van der Waals surface area contributed by atoms with E-state index in [1.807, 2.05) is 18.2 Å². The second-order valence-electron chi connectivity index (χ2n) is 8.36. The zero-order valence-corrected chi connectivity index (χ0v) is 16.8. The van der Waals surface area contributed by atoms with E-state index in [2.05, 4.69) is 84.9 Å². The van der Waals surface area contributed by atoms with Gasteiger partial charge in [0.15, 0.2) is 0 Å². The van der Waals surface area contributed by atoms with Crippen LogP contribution in [0.15, 0.2) is 103 Å². The highest BCUT2D eigenvalue weighted by Gasteiger charge is 2.51. The third kappa shape index (κ3) is 2.02. The van der Waals surface area contributed by atoms with E-state index in [4.69, 9.17) is 12.6 Å². The molecule has 1 nitrogen and oxygen atoms in total. The SMILES string of the molecule is [B]c1ccc2c(c1)C1(c3ccccc3Oc3ccccc31)c1c-2ccc2ccccc12. The Hall–Kier alpha value is -3.78. The molecule has 7 rings (SSSR count). The first-order valence-electron chi connectivity index (χ1n) is 10.6. The van der Waals surface area contributed by atoms with Gasteiger partial charge < -0.3 is 4.74 Å². The van der Waals surface area contributed by atoms with Gasteiger partial charge in [0.25, 0.3) is 0 Å². The Labute approximate surface area is 182 Å². The van der Waals surface area contributed by atoms with Gasteiger partial charge in [0.1, 0.15) is 19.3 Å². The summed E-state index contributed by atoms with van der Waals surface area (Å²) in [7, 11) is 6.38. The average molecular weight is 392 g/mol. The topological polar surface area (TPSA) is 9.23 Å². The molecule has 31 heavy (non-hydrogen) atoms. The molecule has 0 unspecified atom stereocenters. The maximum Gasteiger partial charge on any atom is 0.132 e. The van der Waals surface area contributed by atoms with Crippen LogP contribution < -0.4 is 10.2 Å². The van der Waals surface area contributed by atoms with E-state index in [1.165, 1.54) is 33.0 Å². The summed E-state index contributed by atoms with van der Waals surface area (Å²) in [5.74, 6) is 1.80. The molecule has 1 aliphatic carbocycles. The molecule has 1 aliphatic heterocycles. The molecule has 0 aromatic heterocycles. The minimum absolute atomic E-state index is 0.480. The van der Waals surface area contributed by atoms with E-state index < -0.39 is 5.41 Å². The third-order valence-electron chi connectivity index (χ3n) is 6.84. The van der Waals surface area contributed by atoms with Crippen molar-refractivity contribution < 1.29 is 4.74 Å². The van der Waals surface area contributed by atoms with Crippen LogP contribution in [0.25, 0.3) is 21.9 Å². The molecule has 5 aromatic rings. The van der Waals surface area contributed by atoms with E-state index in [0.29, 0.717) is 0 Å². The van der Waals surface area contributed by atoms with Crippen LogP contribution >= 0.6 is 0 Å². The van der Waals surface area contributed by atoms with Crippen molar-refractivity contribution in [1.82, 2.24) is 0 Å². The van der Waals surface area contributed by atoms with Crippen LogP contribution in [0.1, 0.15) is 22.3 Å². The average Bonchev–Trinajstić information content (AvgIpc) is 3.10. The Morgan fingerprint density at radius 2 is 1.23 bits per heavy atom.